The lowest BCUT2D eigenvalue weighted by Gasteiger charge is -2.59. The zero-order valence-electron chi connectivity index (χ0n) is 23.3. The van der Waals surface area contributed by atoms with E-state index in [1.165, 1.54) is 12.8 Å². The number of nitrogens with one attached hydrogen (secondary N) is 1. The van der Waals surface area contributed by atoms with Crippen molar-refractivity contribution in [1.29, 1.82) is 0 Å². The number of aromatic hydroxyl groups is 1. The number of hydrogen-bond donors (Lipinski definition) is 4. The largest absolute Gasteiger partial charge is 0.508 e. The highest BCUT2D eigenvalue weighted by Crippen LogP contribution is 2.63. The van der Waals surface area contributed by atoms with E-state index in [0.29, 0.717) is 30.2 Å². The van der Waals surface area contributed by atoms with Crippen LogP contribution >= 0.6 is 0 Å². The maximum atomic E-state index is 13.4. The summed E-state index contributed by atoms with van der Waals surface area (Å²) in [7, 11) is 0. The summed E-state index contributed by atoms with van der Waals surface area (Å²) < 4.78 is 6.33. The molecule has 8 nitrogen and oxygen atoms in total. The summed E-state index contributed by atoms with van der Waals surface area (Å²) in [5.74, 6) is 0.259. The Morgan fingerprint density at radius 3 is 2.51 bits per heavy atom. The minimum absolute atomic E-state index is 0.0236. The number of nitrogens with zero attached hydrogens (tertiary/aromatic N) is 2. The van der Waals surface area contributed by atoms with Crippen molar-refractivity contribution in [3.8, 4) is 22.6 Å². The SMILES string of the molecule is C/C(C(=O)Nc1ccc(-c2ccncc2)cc1)=C(/O)[C@@H]1Oc2c(O)ccc3c2[C@@]12CCN(CC1CC1)[C@H](C3)[C@@]2(C)O. The number of benzene rings is 2. The Balaban J connectivity index is 1.21. The molecule has 3 aromatic rings. The van der Waals surface area contributed by atoms with Crippen LogP contribution in [0, 0.1) is 5.92 Å². The minimum Gasteiger partial charge on any atom is -0.508 e. The lowest BCUT2D eigenvalue weighted by atomic mass is 9.53. The van der Waals surface area contributed by atoms with Crippen molar-refractivity contribution in [3.05, 3.63) is 83.4 Å². The van der Waals surface area contributed by atoms with Gasteiger partial charge in [0.2, 0.25) is 0 Å². The minimum atomic E-state index is -1.26. The second-order valence-corrected chi connectivity index (χ2v) is 12.3. The van der Waals surface area contributed by atoms with E-state index in [4.69, 9.17) is 4.74 Å². The van der Waals surface area contributed by atoms with Gasteiger partial charge in [-0.15, -0.1) is 0 Å². The number of carbonyl (C=O) groups excluding carboxylic acids is 1. The number of phenols is 1. The molecule has 3 heterocycles. The molecule has 1 aromatic heterocycles. The molecule has 7 rings (SSSR count). The summed E-state index contributed by atoms with van der Waals surface area (Å²) in [4.78, 5) is 19.8. The van der Waals surface area contributed by atoms with E-state index in [1.54, 1.807) is 25.4 Å². The Morgan fingerprint density at radius 2 is 1.80 bits per heavy atom. The topological polar surface area (TPSA) is 115 Å². The molecule has 4 aliphatic rings. The predicted molar refractivity (Wildman–Crippen MR) is 155 cm³/mol. The summed E-state index contributed by atoms with van der Waals surface area (Å²) in [5, 5.41) is 37.7. The Morgan fingerprint density at radius 1 is 1.10 bits per heavy atom. The van der Waals surface area contributed by atoms with Crippen molar-refractivity contribution >= 4 is 11.6 Å². The molecule has 41 heavy (non-hydrogen) atoms. The second-order valence-electron chi connectivity index (χ2n) is 12.3. The van der Waals surface area contributed by atoms with E-state index in [-0.39, 0.29) is 23.1 Å². The third-order valence-corrected chi connectivity index (χ3v) is 9.87. The summed E-state index contributed by atoms with van der Waals surface area (Å²) >= 11 is 0. The third kappa shape index (κ3) is 3.95. The number of likely N-dealkylation sites (tertiary alicyclic amines) is 1. The average Bonchev–Trinajstić information content (AvgIpc) is 3.72. The molecule has 4 atom stereocenters. The van der Waals surface area contributed by atoms with E-state index in [2.05, 4.69) is 15.2 Å². The number of pyridine rings is 1. The lowest BCUT2D eigenvalue weighted by Crippen LogP contribution is -2.73. The monoisotopic (exact) mass is 553 g/mol. The molecule has 0 unspecified atom stereocenters. The van der Waals surface area contributed by atoms with Crippen molar-refractivity contribution < 1.29 is 24.9 Å². The van der Waals surface area contributed by atoms with E-state index in [9.17, 15) is 20.1 Å². The lowest BCUT2D eigenvalue weighted by molar-refractivity contribution is -0.153. The van der Waals surface area contributed by atoms with Gasteiger partial charge in [-0.2, -0.15) is 0 Å². The van der Waals surface area contributed by atoms with Crippen molar-refractivity contribution in [2.24, 2.45) is 5.92 Å². The molecule has 0 radical (unpaired) electrons. The number of ether oxygens (including phenoxy) is 1. The van der Waals surface area contributed by atoms with E-state index in [1.807, 2.05) is 49.4 Å². The van der Waals surface area contributed by atoms with Gasteiger partial charge >= 0.3 is 0 Å². The van der Waals surface area contributed by atoms with Crippen LogP contribution < -0.4 is 10.1 Å². The van der Waals surface area contributed by atoms with E-state index >= 15 is 0 Å². The molecule has 1 saturated heterocycles. The molecular formula is C33H35N3O5. The molecule has 212 valence electrons. The zero-order chi connectivity index (χ0) is 28.5. The number of hydrogen-bond acceptors (Lipinski definition) is 7. The first kappa shape index (κ1) is 26.0. The number of amides is 1. The quantitative estimate of drug-likeness (QED) is 0.258. The van der Waals surface area contributed by atoms with Crippen LogP contribution in [0.5, 0.6) is 11.5 Å². The van der Waals surface area contributed by atoms with Gasteiger partial charge in [0.25, 0.3) is 5.91 Å². The van der Waals surface area contributed by atoms with Crippen molar-refractivity contribution in [2.75, 3.05) is 18.4 Å². The molecule has 2 aliphatic carbocycles. The number of aliphatic hydroxyl groups is 2. The van der Waals surface area contributed by atoms with Crippen LogP contribution in [-0.2, 0) is 16.6 Å². The molecule has 4 N–H and O–H groups in total. The van der Waals surface area contributed by atoms with Crippen molar-refractivity contribution in [3.63, 3.8) is 0 Å². The Hall–Kier alpha value is -3.88. The van der Waals surface area contributed by atoms with Gasteiger partial charge in [0, 0.05) is 36.2 Å². The van der Waals surface area contributed by atoms with Gasteiger partial charge in [-0.25, -0.2) is 0 Å². The number of aliphatic hydroxyl groups excluding tert-OH is 1. The average molecular weight is 554 g/mol. The normalized spacial score (nSPS) is 28.9. The third-order valence-electron chi connectivity index (χ3n) is 9.87. The Labute approximate surface area is 239 Å². The van der Waals surface area contributed by atoms with Gasteiger partial charge in [-0.05, 0) is 99.0 Å². The fraction of sp³-hybridized carbons (Fsp3) is 0.394. The Kier molecular flexibility index (Phi) is 5.92. The molecule has 8 heteroatoms. The summed E-state index contributed by atoms with van der Waals surface area (Å²) in [6.45, 7) is 5.10. The fourth-order valence-corrected chi connectivity index (χ4v) is 7.40. The van der Waals surface area contributed by atoms with Crippen LogP contribution in [0.2, 0.25) is 0 Å². The van der Waals surface area contributed by atoms with Crippen LogP contribution in [0.3, 0.4) is 0 Å². The molecule has 1 saturated carbocycles. The van der Waals surface area contributed by atoms with Gasteiger partial charge in [-0.1, -0.05) is 18.2 Å². The van der Waals surface area contributed by atoms with Crippen LogP contribution in [-0.4, -0.2) is 61.9 Å². The van der Waals surface area contributed by atoms with Crippen LogP contribution in [0.25, 0.3) is 11.1 Å². The number of aromatic nitrogens is 1. The molecule has 2 aliphatic heterocycles. The summed E-state index contributed by atoms with van der Waals surface area (Å²) in [5.41, 5.74) is 2.23. The number of carbonyl (C=O) groups is 1. The number of rotatable bonds is 6. The van der Waals surface area contributed by atoms with E-state index in [0.717, 1.165) is 35.3 Å². The summed E-state index contributed by atoms with van der Waals surface area (Å²) in [6, 6.07) is 14.7. The highest BCUT2D eigenvalue weighted by Gasteiger charge is 2.69. The molecule has 2 bridgehead atoms. The van der Waals surface area contributed by atoms with Crippen LogP contribution in [0.4, 0.5) is 5.69 Å². The smallest absolute Gasteiger partial charge is 0.254 e. The number of fused-ring (bicyclic) bond motifs is 1. The molecule has 2 fully saturated rings. The second kappa shape index (κ2) is 9.33. The summed E-state index contributed by atoms with van der Waals surface area (Å²) in [6.07, 6.45) is 6.08. The van der Waals surface area contributed by atoms with Gasteiger partial charge < -0.3 is 25.4 Å². The van der Waals surface area contributed by atoms with Gasteiger partial charge in [0.05, 0.1) is 16.6 Å². The van der Waals surface area contributed by atoms with Gasteiger partial charge in [0.15, 0.2) is 17.6 Å². The van der Waals surface area contributed by atoms with Crippen molar-refractivity contribution in [2.45, 2.75) is 62.7 Å². The Bertz CT molecular complexity index is 1550. The maximum Gasteiger partial charge on any atom is 0.254 e. The van der Waals surface area contributed by atoms with E-state index < -0.39 is 23.0 Å². The van der Waals surface area contributed by atoms with Crippen molar-refractivity contribution in [1.82, 2.24) is 9.88 Å². The highest BCUT2D eigenvalue weighted by molar-refractivity contribution is 6.03. The molecule has 1 amide bonds. The fourth-order valence-electron chi connectivity index (χ4n) is 7.40. The number of anilines is 1. The van der Waals surface area contributed by atoms with Gasteiger partial charge in [-0.3, -0.25) is 14.7 Å². The molecule has 1 spiro atoms. The first-order valence-electron chi connectivity index (χ1n) is 14.4. The standard InChI is InChI=1S/C33H35N3O5/c1-19(31(39)35-24-8-5-21(6-9-24)22-11-14-34-15-12-22)28(38)30-33-13-16-36(18-20-3-4-20)26(32(33,2)40)17-23-7-10-25(37)29(41-30)27(23)33/h5-12,14-15,20,26,30,37-38,40H,3-4,13,16-18H2,1-2H3,(H,35,39)/b28-19-/t26-,30+,32-,33+/m1/s1. The van der Waals surface area contributed by atoms with Crippen LogP contribution in [0.15, 0.2) is 72.3 Å². The molecule has 2 aromatic carbocycles. The highest BCUT2D eigenvalue weighted by atomic mass is 16.5. The number of phenolic OH excluding ortho intramolecular Hbond substituents is 1. The predicted octanol–water partition coefficient (Wildman–Crippen LogP) is 4.72. The number of piperidine rings is 1. The molecular weight excluding hydrogens is 518 g/mol. The van der Waals surface area contributed by atoms with Gasteiger partial charge in [0.1, 0.15) is 5.76 Å². The van der Waals surface area contributed by atoms with Crippen LogP contribution in [0.1, 0.15) is 44.2 Å². The zero-order valence-corrected chi connectivity index (χ0v) is 23.3. The maximum absolute atomic E-state index is 13.4. The first-order valence-corrected chi connectivity index (χ1v) is 14.4. The first-order chi connectivity index (χ1) is 19.7.